The van der Waals surface area contributed by atoms with Crippen molar-refractivity contribution in [1.29, 1.82) is 0 Å². The summed E-state index contributed by atoms with van der Waals surface area (Å²) in [6, 6.07) is 4.36. The van der Waals surface area contributed by atoms with Crippen LogP contribution >= 0.6 is 0 Å². The molecule has 0 radical (unpaired) electrons. The molecule has 7 heteroatoms. The van der Waals surface area contributed by atoms with Gasteiger partial charge in [0.25, 0.3) is 11.6 Å². The average Bonchev–Trinajstić information content (AvgIpc) is 2.37. The van der Waals surface area contributed by atoms with Crippen LogP contribution in [0.3, 0.4) is 0 Å². The molecule has 1 amide bonds. The highest BCUT2D eigenvalue weighted by molar-refractivity contribution is 5.99. The fourth-order valence-corrected chi connectivity index (χ4v) is 2.09. The Hall–Kier alpha value is -2.15. The molecule has 2 N–H and O–H groups in total. The van der Waals surface area contributed by atoms with E-state index in [1.54, 1.807) is 6.07 Å². The summed E-state index contributed by atoms with van der Waals surface area (Å²) in [7, 11) is 3.80. The van der Waals surface area contributed by atoms with Gasteiger partial charge in [0.1, 0.15) is 5.56 Å². The third-order valence-corrected chi connectivity index (χ3v) is 2.84. The SMILES string of the molecule is CCNc1ccc([N+](=O)[O-])c(C(=O)NC(C)CN(C)C)c1. The lowest BCUT2D eigenvalue weighted by Gasteiger charge is -2.18. The number of carbonyl (C=O) groups is 1. The molecule has 0 bridgehead atoms. The first-order valence-corrected chi connectivity index (χ1v) is 6.83. The van der Waals surface area contributed by atoms with Crippen LogP contribution in [0.25, 0.3) is 0 Å². The van der Waals surface area contributed by atoms with Crippen LogP contribution in [0.4, 0.5) is 11.4 Å². The first kappa shape index (κ1) is 16.9. The molecule has 1 aromatic rings. The Morgan fingerprint density at radius 1 is 1.43 bits per heavy atom. The zero-order valence-corrected chi connectivity index (χ0v) is 12.8. The molecule has 0 aromatic heterocycles. The zero-order chi connectivity index (χ0) is 16.0. The molecule has 7 nitrogen and oxygen atoms in total. The van der Waals surface area contributed by atoms with Gasteiger partial charge in [0.05, 0.1) is 4.92 Å². The molecule has 0 heterocycles. The molecular formula is C14H22N4O3. The molecule has 1 atom stereocenters. The predicted octanol–water partition coefficient (Wildman–Crippen LogP) is 1.71. The normalized spacial score (nSPS) is 12.0. The molecule has 0 aliphatic carbocycles. The van der Waals surface area contributed by atoms with Crippen LogP contribution in [-0.4, -0.2) is 49.0 Å². The summed E-state index contributed by atoms with van der Waals surface area (Å²) in [4.78, 5) is 24.7. The van der Waals surface area contributed by atoms with E-state index in [9.17, 15) is 14.9 Å². The molecule has 116 valence electrons. The van der Waals surface area contributed by atoms with Crippen molar-refractivity contribution in [2.24, 2.45) is 0 Å². The second kappa shape index (κ2) is 7.58. The first-order valence-electron chi connectivity index (χ1n) is 6.83. The summed E-state index contributed by atoms with van der Waals surface area (Å²) in [6.45, 7) is 5.11. The van der Waals surface area contributed by atoms with Gasteiger partial charge in [0.15, 0.2) is 0 Å². The Morgan fingerprint density at radius 2 is 2.10 bits per heavy atom. The van der Waals surface area contributed by atoms with Crippen LogP contribution in [0.15, 0.2) is 18.2 Å². The van der Waals surface area contributed by atoms with Gasteiger partial charge in [-0.3, -0.25) is 14.9 Å². The van der Waals surface area contributed by atoms with Crippen molar-refractivity contribution in [3.05, 3.63) is 33.9 Å². The van der Waals surface area contributed by atoms with Gasteiger partial charge in [-0.05, 0) is 40.1 Å². The van der Waals surface area contributed by atoms with Gasteiger partial charge in [-0.25, -0.2) is 0 Å². The number of nitro groups is 1. The molecule has 21 heavy (non-hydrogen) atoms. The van der Waals surface area contributed by atoms with E-state index in [-0.39, 0.29) is 17.3 Å². The number of likely N-dealkylation sites (N-methyl/N-ethyl adjacent to an activating group) is 1. The number of hydrogen-bond donors (Lipinski definition) is 2. The molecule has 0 aliphatic rings. The van der Waals surface area contributed by atoms with Crippen molar-refractivity contribution in [3.63, 3.8) is 0 Å². The van der Waals surface area contributed by atoms with Crippen molar-refractivity contribution in [1.82, 2.24) is 10.2 Å². The van der Waals surface area contributed by atoms with E-state index in [1.807, 2.05) is 32.8 Å². The second-order valence-electron chi connectivity index (χ2n) is 5.16. The molecule has 1 unspecified atom stereocenters. The van der Waals surface area contributed by atoms with E-state index in [0.29, 0.717) is 18.8 Å². The van der Waals surface area contributed by atoms with E-state index in [1.165, 1.54) is 12.1 Å². The molecule has 1 aromatic carbocycles. The summed E-state index contributed by atoms with van der Waals surface area (Å²) in [6.07, 6.45) is 0. The maximum absolute atomic E-state index is 12.3. The zero-order valence-electron chi connectivity index (χ0n) is 12.8. The van der Waals surface area contributed by atoms with Crippen molar-refractivity contribution < 1.29 is 9.72 Å². The van der Waals surface area contributed by atoms with Gasteiger partial charge in [0, 0.05) is 30.9 Å². The van der Waals surface area contributed by atoms with E-state index in [0.717, 1.165) is 0 Å². The summed E-state index contributed by atoms with van der Waals surface area (Å²) in [5, 5.41) is 16.9. The number of amides is 1. The van der Waals surface area contributed by atoms with Crippen molar-refractivity contribution in [3.8, 4) is 0 Å². The van der Waals surface area contributed by atoms with Crippen molar-refractivity contribution >= 4 is 17.3 Å². The minimum Gasteiger partial charge on any atom is -0.385 e. The number of rotatable bonds is 7. The van der Waals surface area contributed by atoms with Gasteiger partial charge < -0.3 is 15.5 Å². The van der Waals surface area contributed by atoms with Gasteiger partial charge in [-0.1, -0.05) is 0 Å². The van der Waals surface area contributed by atoms with E-state index in [2.05, 4.69) is 10.6 Å². The van der Waals surface area contributed by atoms with Gasteiger partial charge in [-0.15, -0.1) is 0 Å². The highest BCUT2D eigenvalue weighted by Gasteiger charge is 2.21. The Bertz CT molecular complexity index is 517. The van der Waals surface area contributed by atoms with Crippen molar-refractivity contribution in [2.45, 2.75) is 19.9 Å². The largest absolute Gasteiger partial charge is 0.385 e. The number of nitrogens with one attached hydrogen (secondary N) is 2. The standard InChI is InChI=1S/C14H22N4O3/c1-5-15-11-6-7-13(18(20)21)12(8-11)14(19)16-10(2)9-17(3)4/h6-8,10,15H,5,9H2,1-4H3,(H,16,19). The topological polar surface area (TPSA) is 87.5 Å². The summed E-state index contributed by atoms with van der Waals surface area (Å²) in [5.41, 5.74) is 0.573. The van der Waals surface area contributed by atoms with Crippen LogP contribution < -0.4 is 10.6 Å². The molecular weight excluding hydrogens is 272 g/mol. The van der Waals surface area contributed by atoms with E-state index < -0.39 is 10.8 Å². The maximum atomic E-state index is 12.3. The monoisotopic (exact) mass is 294 g/mol. The number of hydrogen-bond acceptors (Lipinski definition) is 5. The molecule has 0 saturated carbocycles. The Balaban J connectivity index is 2.99. The Kier molecular flexibility index (Phi) is 6.10. The van der Waals surface area contributed by atoms with Crippen LogP contribution in [0.5, 0.6) is 0 Å². The van der Waals surface area contributed by atoms with Crippen LogP contribution in [-0.2, 0) is 0 Å². The molecule has 0 fully saturated rings. The first-order chi connectivity index (χ1) is 9.85. The van der Waals surface area contributed by atoms with Crippen molar-refractivity contribution in [2.75, 3.05) is 32.5 Å². The number of nitrogens with zero attached hydrogens (tertiary/aromatic N) is 2. The molecule has 0 spiro atoms. The lowest BCUT2D eigenvalue weighted by Crippen LogP contribution is -2.39. The summed E-state index contributed by atoms with van der Waals surface area (Å²) < 4.78 is 0. The van der Waals surface area contributed by atoms with Gasteiger partial charge in [-0.2, -0.15) is 0 Å². The maximum Gasteiger partial charge on any atom is 0.282 e. The third kappa shape index (κ3) is 5.03. The summed E-state index contributed by atoms with van der Waals surface area (Å²) >= 11 is 0. The van der Waals surface area contributed by atoms with Gasteiger partial charge in [0.2, 0.25) is 0 Å². The molecule has 0 saturated heterocycles. The highest BCUT2D eigenvalue weighted by Crippen LogP contribution is 2.22. The van der Waals surface area contributed by atoms with E-state index >= 15 is 0 Å². The van der Waals surface area contributed by atoms with Gasteiger partial charge >= 0.3 is 0 Å². The number of benzene rings is 1. The third-order valence-electron chi connectivity index (χ3n) is 2.84. The molecule has 0 aliphatic heterocycles. The van der Waals surface area contributed by atoms with Crippen LogP contribution in [0, 0.1) is 10.1 Å². The van der Waals surface area contributed by atoms with Crippen LogP contribution in [0.1, 0.15) is 24.2 Å². The number of carbonyl (C=O) groups excluding carboxylic acids is 1. The minimum atomic E-state index is -0.540. The number of nitro benzene ring substituents is 1. The lowest BCUT2D eigenvalue weighted by molar-refractivity contribution is -0.385. The Labute approximate surface area is 124 Å². The van der Waals surface area contributed by atoms with E-state index in [4.69, 9.17) is 0 Å². The summed E-state index contributed by atoms with van der Waals surface area (Å²) in [5.74, 6) is -0.434. The fourth-order valence-electron chi connectivity index (χ4n) is 2.09. The van der Waals surface area contributed by atoms with Crippen LogP contribution in [0.2, 0.25) is 0 Å². The minimum absolute atomic E-state index is 0.0732. The highest BCUT2D eigenvalue weighted by atomic mass is 16.6. The second-order valence-corrected chi connectivity index (χ2v) is 5.16. The fraction of sp³-hybridized carbons (Fsp3) is 0.500. The molecule has 1 rings (SSSR count). The number of anilines is 1. The Morgan fingerprint density at radius 3 is 2.62 bits per heavy atom. The average molecular weight is 294 g/mol. The smallest absolute Gasteiger partial charge is 0.282 e. The quantitative estimate of drug-likeness (QED) is 0.590. The lowest BCUT2D eigenvalue weighted by atomic mass is 10.1. The predicted molar refractivity (Wildman–Crippen MR) is 82.7 cm³/mol.